The molecule has 92 valence electrons. The Bertz CT molecular complexity index is 803. The first kappa shape index (κ1) is 12.0. The van der Waals surface area contributed by atoms with E-state index in [4.69, 9.17) is 16.9 Å². The maximum atomic E-state index is 8.78. The van der Waals surface area contributed by atoms with Crippen molar-refractivity contribution < 1.29 is 0 Å². The highest BCUT2D eigenvalue weighted by Gasteiger charge is 2.07. The molecule has 0 fully saturated rings. The van der Waals surface area contributed by atoms with Gasteiger partial charge in [-0.2, -0.15) is 5.26 Å². The van der Waals surface area contributed by atoms with Crippen LogP contribution in [0.4, 0.5) is 0 Å². The van der Waals surface area contributed by atoms with Crippen molar-refractivity contribution >= 4 is 33.1 Å². The number of halogens is 1. The normalized spacial score (nSPS) is 10.7. The summed E-state index contributed by atoms with van der Waals surface area (Å²) in [5.41, 5.74) is 1.19. The first-order valence-electron chi connectivity index (χ1n) is 6.11. The van der Waals surface area contributed by atoms with Crippen molar-refractivity contribution in [2.24, 2.45) is 0 Å². The summed E-state index contributed by atoms with van der Waals surface area (Å²) in [4.78, 5) is 4.19. The summed E-state index contributed by atoms with van der Waals surface area (Å²) in [6.07, 6.45) is 4.93. The molecule has 0 saturated carbocycles. The highest BCUT2D eigenvalue weighted by molar-refractivity contribution is 6.31. The van der Waals surface area contributed by atoms with Gasteiger partial charge < -0.3 is 0 Å². The Morgan fingerprint density at radius 2 is 2.00 bits per heavy atom. The van der Waals surface area contributed by atoms with Crippen LogP contribution in [-0.2, 0) is 6.42 Å². The van der Waals surface area contributed by atoms with Crippen molar-refractivity contribution in [2.75, 3.05) is 0 Å². The van der Waals surface area contributed by atoms with Crippen LogP contribution in [-0.4, -0.2) is 4.98 Å². The monoisotopic (exact) mass is 266 g/mol. The van der Waals surface area contributed by atoms with Crippen molar-refractivity contribution in [1.29, 1.82) is 5.26 Å². The van der Waals surface area contributed by atoms with Crippen LogP contribution in [0.5, 0.6) is 0 Å². The van der Waals surface area contributed by atoms with Gasteiger partial charge in [0, 0.05) is 29.2 Å². The Morgan fingerprint density at radius 1 is 1.11 bits per heavy atom. The number of aromatic nitrogens is 1. The minimum atomic E-state index is 0.522. The van der Waals surface area contributed by atoms with Crippen molar-refractivity contribution in [3.05, 3.63) is 53.3 Å². The van der Waals surface area contributed by atoms with Crippen molar-refractivity contribution in [3.63, 3.8) is 0 Å². The molecule has 0 radical (unpaired) electrons. The summed E-state index contributed by atoms with van der Waals surface area (Å²) >= 11 is 6.10. The van der Waals surface area contributed by atoms with Gasteiger partial charge in [-0.3, -0.25) is 4.98 Å². The third-order valence-corrected chi connectivity index (χ3v) is 3.54. The second-order valence-electron chi connectivity index (χ2n) is 4.48. The average Bonchev–Trinajstić information content (AvgIpc) is 2.44. The number of aryl methyl sites for hydroxylation is 1. The zero-order valence-corrected chi connectivity index (χ0v) is 11.0. The molecule has 0 amide bonds. The molecule has 0 aliphatic carbocycles. The number of benzene rings is 2. The lowest BCUT2D eigenvalue weighted by Gasteiger charge is -2.09. The van der Waals surface area contributed by atoms with Gasteiger partial charge in [-0.15, -0.1) is 0 Å². The molecule has 0 saturated heterocycles. The van der Waals surface area contributed by atoms with Crippen molar-refractivity contribution in [3.8, 4) is 6.07 Å². The van der Waals surface area contributed by atoms with E-state index in [0.29, 0.717) is 6.42 Å². The topological polar surface area (TPSA) is 36.7 Å². The van der Waals surface area contributed by atoms with Crippen molar-refractivity contribution in [1.82, 2.24) is 4.98 Å². The van der Waals surface area contributed by atoms with E-state index in [-0.39, 0.29) is 0 Å². The quantitative estimate of drug-likeness (QED) is 0.641. The number of pyridine rings is 1. The number of hydrogen-bond acceptors (Lipinski definition) is 2. The van der Waals surface area contributed by atoms with Gasteiger partial charge in [0.2, 0.25) is 0 Å². The molecule has 1 heterocycles. The molecule has 0 spiro atoms. The van der Waals surface area contributed by atoms with Crippen LogP contribution >= 0.6 is 11.6 Å². The van der Waals surface area contributed by atoms with Gasteiger partial charge in [-0.25, -0.2) is 0 Å². The smallest absolute Gasteiger partial charge is 0.0625 e. The molecular formula is C16H11ClN2. The highest BCUT2D eigenvalue weighted by atomic mass is 35.5. The molecule has 1 aromatic heterocycles. The van der Waals surface area contributed by atoms with E-state index < -0.39 is 0 Å². The molecule has 3 rings (SSSR count). The summed E-state index contributed by atoms with van der Waals surface area (Å²) < 4.78 is 0. The fourth-order valence-electron chi connectivity index (χ4n) is 2.44. The lowest BCUT2D eigenvalue weighted by Crippen LogP contribution is -1.89. The van der Waals surface area contributed by atoms with Gasteiger partial charge in [-0.1, -0.05) is 23.7 Å². The SMILES string of the molecule is N#CCCc1cc2ccncc2c2cc(Cl)ccc12. The predicted octanol–water partition coefficient (Wildman–Crippen LogP) is 4.50. The van der Waals surface area contributed by atoms with E-state index >= 15 is 0 Å². The molecule has 0 aliphatic rings. The minimum Gasteiger partial charge on any atom is -0.264 e. The number of rotatable bonds is 2. The molecule has 19 heavy (non-hydrogen) atoms. The first-order valence-corrected chi connectivity index (χ1v) is 6.49. The van der Waals surface area contributed by atoms with Gasteiger partial charge in [0.25, 0.3) is 0 Å². The lowest BCUT2D eigenvalue weighted by atomic mass is 9.96. The van der Waals surface area contributed by atoms with E-state index in [1.54, 1.807) is 6.20 Å². The first-order chi connectivity index (χ1) is 9.29. The zero-order chi connectivity index (χ0) is 13.2. The third kappa shape index (κ3) is 2.14. The summed E-state index contributed by atoms with van der Waals surface area (Å²) in [6, 6.07) is 12.2. The summed E-state index contributed by atoms with van der Waals surface area (Å²) in [5, 5.41) is 14.0. The molecule has 2 aromatic carbocycles. The molecule has 3 heteroatoms. The van der Waals surface area contributed by atoms with E-state index in [1.165, 1.54) is 5.56 Å². The Labute approximate surface area is 116 Å². The van der Waals surface area contributed by atoms with Crippen LogP contribution in [0.3, 0.4) is 0 Å². The maximum Gasteiger partial charge on any atom is 0.0625 e. The van der Waals surface area contributed by atoms with Crippen LogP contribution in [0, 0.1) is 11.3 Å². The average molecular weight is 267 g/mol. The maximum absolute atomic E-state index is 8.78. The number of hydrogen-bond donors (Lipinski definition) is 0. The molecule has 0 aliphatic heterocycles. The van der Waals surface area contributed by atoms with Crippen LogP contribution < -0.4 is 0 Å². The molecule has 3 aromatic rings. The fourth-order valence-corrected chi connectivity index (χ4v) is 2.61. The molecule has 0 bridgehead atoms. The van der Waals surface area contributed by atoms with E-state index in [1.807, 2.05) is 30.5 Å². The largest absolute Gasteiger partial charge is 0.264 e. The molecule has 0 atom stereocenters. The summed E-state index contributed by atoms with van der Waals surface area (Å²) in [7, 11) is 0. The molecule has 0 unspecified atom stereocenters. The van der Waals surface area contributed by atoms with Crippen LogP contribution in [0.25, 0.3) is 21.5 Å². The van der Waals surface area contributed by atoms with Crippen molar-refractivity contribution in [2.45, 2.75) is 12.8 Å². The van der Waals surface area contributed by atoms with Gasteiger partial charge in [0.1, 0.15) is 0 Å². The number of nitrogens with zero attached hydrogens (tertiary/aromatic N) is 2. The summed E-state index contributed by atoms with van der Waals surface area (Å²) in [6.45, 7) is 0. The van der Waals surface area contributed by atoms with Gasteiger partial charge in [0.15, 0.2) is 0 Å². The van der Waals surface area contributed by atoms with Crippen LogP contribution in [0.1, 0.15) is 12.0 Å². The number of nitriles is 1. The number of fused-ring (bicyclic) bond motifs is 3. The van der Waals surface area contributed by atoms with E-state index in [2.05, 4.69) is 17.1 Å². The predicted molar refractivity (Wildman–Crippen MR) is 78.2 cm³/mol. The second kappa shape index (κ2) is 4.87. The Hall–Kier alpha value is -2.11. The Kier molecular flexibility index (Phi) is 3.06. The van der Waals surface area contributed by atoms with Crippen LogP contribution in [0.2, 0.25) is 5.02 Å². The van der Waals surface area contributed by atoms with E-state index in [0.717, 1.165) is 33.0 Å². The molecule has 2 nitrogen and oxygen atoms in total. The third-order valence-electron chi connectivity index (χ3n) is 3.31. The minimum absolute atomic E-state index is 0.522. The fraction of sp³-hybridized carbons (Fsp3) is 0.125. The van der Waals surface area contributed by atoms with Gasteiger partial charge >= 0.3 is 0 Å². The second-order valence-corrected chi connectivity index (χ2v) is 4.92. The van der Waals surface area contributed by atoms with Gasteiger partial charge in [0.05, 0.1) is 6.07 Å². The van der Waals surface area contributed by atoms with Gasteiger partial charge in [-0.05, 0) is 46.3 Å². The molecule has 0 N–H and O–H groups in total. The standard InChI is InChI=1S/C16H11ClN2/c17-13-3-4-14-11(2-1-6-18)8-12-5-7-19-10-16(12)15(14)9-13/h3-5,7-10H,1-2H2. The Balaban J connectivity index is 2.38. The lowest BCUT2D eigenvalue weighted by molar-refractivity contribution is 1.02. The van der Waals surface area contributed by atoms with E-state index in [9.17, 15) is 0 Å². The highest BCUT2D eigenvalue weighted by Crippen LogP contribution is 2.30. The zero-order valence-electron chi connectivity index (χ0n) is 10.2. The van der Waals surface area contributed by atoms with Crippen LogP contribution in [0.15, 0.2) is 42.7 Å². The molecular weight excluding hydrogens is 256 g/mol. The summed E-state index contributed by atoms with van der Waals surface area (Å²) in [5.74, 6) is 0. The Morgan fingerprint density at radius 3 is 2.84 bits per heavy atom.